The normalized spacial score (nSPS) is 52.5. The summed E-state index contributed by atoms with van der Waals surface area (Å²) in [4.78, 5) is 0. The number of rotatable bonds is 0. The third-order valence-corrected chi connectivity index (χ3v) is 6.80. The molecule has 3 saturated heterocycles. The molecule has 1 heteroatoms. The molecule has 1 saturated carbocycles. The predicted octanol–water partition coefficient (Wildman–Crippen LogP) is 3.86. The molecule has 0 N–H and O–H groups in total. The third kappa shape index (κ3) is 0.761. The van der Waals surface area contributed by atoms with Crippen LogP contribution in [0.3, 0.4) is 0 Å². The molecule has 4 aliphatic rings. The van der Waals surface area contributed by atoms with Crippen molar-refractivity contribution in [1.82, 2.24) is 0 Å². The van der Waals surface area contributed by atoms with Gasteiger partial charge in [0.05, 0.1) is 0 Å². The lowest BCUT2D eigenvalue weighted by Crippen LogP contribution is -2.59. The first-order valence-electron chi connectivity index (χ1n) is 6.80. The minimum Gasteiger partial charge on any atom is -0.0710 e. The molecule has 4 rings (SSSR count). The molecule has 4 fully saturated rings. The molecule has 3 aliphatic heterocycles. The Morgan fingerprint density at radius 1 is 1.21 bits per heavy atom. The smallest absolute Gasteiger partial charge is 0.0710 e. The molecule has 2 bridgehead atoms. The van der Waals surface area contributed by atoms with E-state index >= 15 is 0 Å². The SMILES string of the molecule is CC1C2CB3C(CCC14CCC4)CC32. The molecule has 0 amide bonds. The summed E-state index contributed by atoms with van der Waals surface area (Å²) in [5, 5.41) is 0. The molecule has 3 heterocycles. The Balaban J connectivity index is 1.64. The van der Waals surface area contributed by atoms with Crippen LogP contribution in [-0.2, 0) is 0 Å². The number of hydrogen-bond donors (Lipinski definition) is 0. The Bertz CT molecular complexity index is 268. The summed E-state index contributed by atoms with van der Waals surface area (Å²) in [6.45, 7) is 3.80. The van der Waals surface area contributed by atoms with Crippen LogP contribution in [0.25, 0.3) is 0 Å². The Morgan fingerprint density at radius 2 is 2.07 bits per heavy atom. The van der Waals surface area contributed by atoms with Crippen LogP contribution in [-0.4, -0.2) is 6.71 Å². The quantitative estimate of drug-likeness (QED) is 0.506. The largest absolute Gasteiger partial charge is 0.146 e. The summed E-state index contributed by atoms with van der Waals surface area (Å²) >= 11 is 0. The number of fused-ring (bicyclic) bond motifs is 2. The van der Waals surface area contributed by atoms with E-state index in [0.29, 0.717) is 0 Å². The van der Waals surface area contributed by atoms with Crippen molar-refractivity contribution in [2.45, 2.75) is 63.4 Å². The first-order valence-corrected chi connectivity index (χ1v) is 6.80. The van der Waals surface area contributed by atoms with Crippen LogP contribution in [0.4, 0.5) is 0 Å². The molecular formula is C13H21B. The van der Waals surface area contributed by atoms with Crippen molar-refractivity contribution >= 4 is 6.71 Å². The first kappa shape index (κ1) is 8.24. The number of hydrogen-bond acceptors (Lipinski definition) is 0. The summed E-state index contributed by atoms with van der Waals surface area (Å²) in [5.41, 5.74) is 0.854. The highest BCUT2D eigenvalue weighted by Crippen LogP contribution is 2.70. The van der Waals surface area contributed by atoms with Gasteiger partial charge in [-0.2, -0.15) is 0 Å². The van der Waals surface area contributed by atoms with Gasteiger partial charge in [-0.3, -0.25) is 0 Å². The van der Waals surface area contributed by atoms with E-state index in [9.17, 15) is 0 Å². The maximum Gasteiger partial charge on any atom is 0.146 e. The van der Waals surface area contributed by atoms with E-state index in [4.69, 9.17) is 0 Å². The lowest BCUT2D eigenvalue weighted by Gasteiger charge is -2.66. The molecule has 0 radical (unpaired) electrons. The van der Waals surface area contributed by atoms with Crippen molar-refractivity contribution in [2.75, 3.05) is 0 Å². The van der Waals surface area contributed by atoms with E-state index in [2.05, 4.69) is 6.92 Å². The van der Waals surface area contributed by atoms with Gasteiger partial charge < -0.3 is 0 Å². The van der Waals surface area contributed by atoms with E-state index in [1.807, 2.05) is 0 Å². The second-order valence-electron chi connectivity index (χ2n) is 6.77. The minimum absolute atomic E-state index is 0.854. The molecule has 4 unspecified atom stereocenters. The zero-order valence-electron chi connectivity index (χ0n) is 9.34. The van der Waals surface area contributed by atoms with Gasteiger partial charge in [-0.05, 0) is 36.5 Å². The molecular weight excluding hydrogens is 167 g/mol. The third-order valence-electron chi connectivity index (χ3n) is 6.80. The molecule has 1 aliphatic carbocycles. The molecule has 0 nitrogen and oxygen atoms in total. The average Bonchev–Trinajstić information content (AvgIpc) is 2.05. The molecule has 0 aromatic heterocycles. The van der Waals surface area contributed by atoms with Crippen molar-refractivity contribution < 1.29 is 0 Å². The van der Waals surface area contributed by atoms with Crippen molar-refractivity contribution in [3.63, 3.8) is 0 Å². The summed E-state index contributed by atoms with van der Waals surface area (Å²) in [6.07, 6.45) is 11.1. The van der Waals surface area contributed by atoms with Gasteiger partial charge in [-0.1, -0.05) is 44.1 Å². The van der Waals surface area contributed by atoms with Crippen LogP contribution in [0.5, 0.6) is 0 Å². The summed E-state index contributed by atoms with van der Waals surface area (Å²) < 4.78 is 0. The second-order valence-corrected chi connectivity index (χ2v) is 6.77. The van der Waals surface area contributed by atoms with Crippen LogP contribution in [0, 0.1) is 17.3 Å². The van der Waals surface area contributed by atoms with E-state index in [1.165, 1.54) is 24.8 Å². The molecule has 0 aromatic carbocycles. The van der Waals surface area contributed by atoms with Crippen molar-refractivity contribution in [1.29, 1.82) is 0 Å². The van der Waals surface area contributed by atoms with Gasteiger partial charge in [-0.15, -0.1) is 0 Å². The van der Waals surface area contributed by atoms with Crippen molar-refractivity contribution in [3.05, 3.63) is 0 Å². The van der Waals surface area contributed by atoms with Crippen LogP contribution in [0.2, 0.25) is 18.0 Å². The Hall–Kier alpha value is 0.0649. The van der Waals surface area contributed by atoms with Crippen LogP contribution < -0.4 is 0 Å². The second kappa shape index (κ2) is 2.41. The highest BCUT2D eigenvalue weighted by atomic mass is 14.6. The van der Waals surface area contributed by atoms with Gasteiger partial charge in [0, 0.05) is 0 Å². The highest BCUT2D eigenvalue weighted by molar-refractivity contribution is 6.68. The van der Waals surface area contributed by atoms with E-state index in [0.717, 1.165) is 17.3 Å². The summed E-state index contributed by atoms with van der Waals surface area (Å²) in [5.74, 6) is 4.63. The van der Waals surface area contributed by atoms with Crippen LogP contribution in [0.1, 0.15) is 45.4 Å². The van der Waals surface area contributed by atoms with Gasteiger partial charge in [-0.25, -0.2) is 0 Å². The maximum absolute atomic E-state index is 2.60. The Kier molecular flexibility index (Phi) is 1.42. The van der Waals surface area contributed by atoms with Gasteiger partial charge in [0.15, 0.2) is 0 Å². The standard InChI is InChI=1S/C13H21B/c1-9-11-8-14-10(7-12(11)14)3-6-13(9)4-2-5-13/h9-12H,2-8H2,1H3. The summed E-state index contributed by atoms with van der Waals surface area (Å²) in [6, 6.07) is 0. The predicted molar refractivity (Wildman–Crippen MR) is 60.9 cm³/mol. The Labute approximate surface area is 87.9 Å². The monoisotopic (exact) mass is 188 g/mol. The molecule has 76 valence electrons. The highest BCUT2D eigenvalue weighted by Gasteiger charge is 2.62. The zero-order chi connectivity index (χ0) is 9.34. The summed E-state index contributed by atoms with van der Waals surface area (Å²) in [7, 11) is 0. The topological polar surface area (TPSA) is 0 Å². The van der Waals surface area contributed by atoms with Crippen LogP contribution in [0.15, 0.2) is 0 Å². The molecule has 14 heavy (non-hydrogen) atoms. The van der Waals surface area contributed by atoms with Gasteiger partial charge in [0.2, 0.25) is 0 Å². The van der Waals surface area contributed by atoms with Gasteiger partial charge >= 0.3 is 0 Å². The van der Waals surface area contributed by atoms with Gasteiger partial charge in [0.25, 0.3) is 0 Å². The van der Waals surface area contributed by atoms with Crippen LogP contribution >= 0.6 is 0 Å². The zero-order valence-corrected chi connectivity index (χ0v) is 9.34. The van der Waals surface area contributed by atoms with Gasteiger partial charge in [0.1, 0.15) is 6.71 Å². The fourth-order valence-corrected chi connectivity index (χ4v) is 5.40. The van der Waals surface area contributed by atoms with E-state index in [1.54, 1.807) is 38.4 Å². The van der Waals surface area contributed by atoms with E-state index in [-0.39, 0.29) is 0 Å². The molecule has 0 aromatic rings. The fourth-order valence-electron chi connectivity index (χ4n) is 5.40. The maximum atomic E-state index is 2.60. The molecule has 1 spiro atoms. The fraction of sp³-hybridized carbons (Fsp3) is 1.00. The first-order chi connectivity index (χ1) is 6.80. The lowest BCUT2D eigenvalue weighted by atomic mass is 9.09. The van der Waals surface area contributed by atoms with E-state index < -0.39 is 0 Å². The van der Waals surface area contributed by atoms with Crippen molar-refractivity contribution in [3.8, 4) is 0 Å². The Morgan fingerprint density at radius 3 is 2.64 bits per heavy atom. The molecule has 4 atom stereocenters. The average molecular weight is 188 g/mol. The lowest BCUT2D eigenvalue weighted by molar-refractivity contribution is -0.0125. The minimum atomic E-state index is 0.854. The van der Waals surface area contributed by atoms with Crippen molar-refractivity contribution in [2.24, 2.45) is 17.3 Å².